The maximum Gasteiger partial charge on any atom is 0.344 e. The number of hydrogen-bond donors (Lipinski definition) is 2. The molecule has 0 heterocycles. The summed E-state index contributed by atoms with van der Waals surface area (Å²) in [4.78, 5) is 21.1. The molecule has 0 aromatic heterocycles. The first-order valence-corrected chi connectivity index (χ1v) is 9.08. The molecule has 0 spiro atoms. The van der Waals surface area contributed by atoms with Crippen molar-refractivity contribution in [3.63, 3.8) is 0 Å². The predicted octanol–water partition coefficient (Wildman–Crippen LogP) is 5.00. The molecule has 2 N–H and O–H groups in total. The molecule has 1 unspecified atom stereocenters. The second kappa shape index (κ2) is 10.8. The Morgan fingerprint density at radius 1 is 0.786 bits per heavy atom. The minimum Gasteiger partial charge on any atom is -0.479 e. The molecule has 2 rings (SSSR count). The molecule has 0 radical (unpaired) electrons. The van der Waals surface area contributed by atoms with Gasteiger partial charge in [0.05, 0.1) is 0 Å². The van der Waals surface area contributed by atoms with Crippen molar-refractivity contribution in [1.82, 2.24) is 0 Å². The maximum absolute atomic E-state index is 10.5. The summed E-state index contributed by atoms with van der Waals surface area (Å²) in [6.07, 6.45) is -1.74. The highest BCUT2D eigenvalue weighted by atomic mass is 35.5. The lowest BCUT2D eigenvalue weighted by molar-refractivity contribution is -0.145. The fourth-order valence-corrected chi connectivity index (χ4v) is 2.21. The van der Waals surface area contributed by atoms with Crippen LogP contribution in [0.1, 0.15) is 25.0 Å². The average molecular weight is 429 g/mol. The summed E-state index contributed by atoms with van der Waals surface area (Å²) in [5.74, 6) is -0.978. The summed E-state index contributed by atoms with van der Waals surface area (Å²) in [6, 6.07) is 10.2. The van der Waals surface area contributed by atoms with Gasteiger partial charge in [-0.05, 0) is 63.1 Å². The molecular formula is C20H22Cl2O6. The van der Waals surface area contributed by atoms with Gasteiger partial charge in [0.1, 0.15) is 11.5 Å². The molecule has 28 heavy (non-hydrogen) atoms. The molecule has 0 aliphatic rings. The number of carbonyl (C=O) groups is 2. The zero-order valence-corrected chi connectivity index (χ0v) is 17.4. The number of carboxylic acids is 2. The maximum atomic E-state index is 10.5. The summed E-state index contributed by atoms with van der Waals surface area (Å²) >= 11 is 11.5. The van der Waals surface area contributed by atoms with Gasteiger partial charge in [-0.3, -0.25) is 0 Å². The first-order chi connectivity index (χ1) is 13.0. The van der Waals surface area contributed by atoms with Gasteiger partial charge in [-0.2, -0.15) is 0 Å². The Morgan fingerprint density at radius 3 is 1.39 bits per heavy atom. The number of halogens is 2. The van der Waals surface area contributed by atoms with Crippen molar-refractivity contribution in [3.8, 4) is 11.5 Å². The van der Waals surface area contributed by atoms with Crippen molar-refractivity contribution in [3.05, 3.63) is 57.6 Å². The zero-order valence-electron chi connectivity index (χ0n) is 15.9. The standard InChI is InChI=1S/2C10H11ClO3/c2*1-6-3-4-8(11)5-9(6)14-7(2)10(12)13/h2*3-5,7H,1-2H3,(H,12,13)/t7-;/m1./s1. The second-order valence-corrected chi connectivity index (χ2v) is 6.89. The highest BCUT2D eigenvalue weighted by Crippen LogP contribution is 2.24. The largest absolute Gasteiger partial charge is 0.479 e. The van der Waals surface area contributed by atoms with E-state index in [1.165, 1.54) is 13.8 Å². The van der Waals surface area contributed by atoms with Crippen LogP contribution in [0, 0.1) is 13.8 Å². The SMILES string of the molecule is Cc1ccc(Cl)cc1OC(C)C(=O)O.Cc1ccc(Cl)cc1O[C@H](C)C(=O)O. The number of aliphatic carboxylic acids is 2. The van der Waals surface area contributed by atoms with E-state index >= 15 is 0 Å². The summed E-state index contributed by atoms with van der Waals surface area (Å²) in [7, 11) is 0. The molecule has 0 saturated heterocycles. The summed E-state index contributed by atoms with van der Waals surface area (Å²) in [6.45, 7) is 6.62. The molecule has 152 valence electrons. The van der Waals surface area contributed by atoms with Crippen LogP contribution >= 0.6 is 23.2 Å². The minimum absolute atomic E-state index is 0.507. The smallest absolute Gasteiger partial charge is 0.344 e. The van der Waals surface area contributed by atoms with Crippen molar-refractivity contribution in [1.29, 1.82) is 0 Å². The molecule has 0 bridgehead atoms. The first kappa shape index (κ1) is 23.6. The number of carboxylic acid groups (broad SMARTS) is 2. The fraction of sp³-hybridized carbons (Fsp3) is 0.300. The number of rotatable bonds is 6. The summed E-state index contributed by atoms with van der Waals surface area (Å²) in [5, 5.41) is 18.4. The quantitative estimate of drug-likeness (QED) is 0.671. The number of benzene rings is 2. The van der Waals surface area contributed by atoms with Crippen LogP contribution in [-0.2, 0) is 9.59 Å². The highest BCUT2D eigenvalue weighted by Gasteiger charge is 2.14. The van der Waals surface area contributed by atoms with E-state index in [1.54, 1.807) is 36.4 Å². The van der Waals surface area contributed by atoms with E-state index in [0.29, 0.717) is 21.5 Å². The van der Waals surface area contributed by atoms with Gasteiger partial charge in [0.25, 0.3) is 0 Å². The van der Waals surface area contributed by atoms with Crippen LogP contribution in [0.4, 0.5) is 0 Å². The Labute approximate surface area is 173 Å². The van der Waals surface area contributed by atoms with E-state index in [0.717, 1.165) is 11.1 Å². The fourth-order valence-electron chi connectivity index (χ4n) is 1.88. The third kappa shape index (κ3) is 7.66. The lowest BCUT2D eigenvalue weighted by Crippen LogP contribution is -2.23. The monoisotopic (exact) mass is 428 g/mol. The van der Waals surface area contributed by atoms with Crippen LogP contribution in [-0.4, -0.2) is 34.4 Å². The molecule has 2 atom stereocenters. The first-order valence-electron chi connectivity index (χ1n) is 8.32. The molecule has 8 heteroatoms. The molecule has 0 saturated carbocycles. The second-order valence-electron chi connectivity index (χ2n) is 6.02. The van der Waals surface area contributed by atoms with Gasteiger partial charge in [-0.25, -0.2) is 9.59 Å². The van der Waals surface area contributed by atoms with Crippen LogP contribution in [0.3, 0.4) is 0 Å². The topological polar surface area (TPSA) is 93.1 Å². The van der Waals surface area contributed by atoms with Crippen molar-refractivity contribution < 1.29 is 29.3 Å². The Balaban J connectivity index is 0.000000280. The normalized spacial score (nSPS) is 12.2. The number of hydrogen-bond acceptors (Lipinski definition) is 4. The van der Waals surface area contributed by atoms with E-state index < -0.39 is 24.1 Å². The third-order valence-corrected chi connectivity index (χ3v) is 4.07. The highest BCUT2D eigenvalue weighted by molar-refractivity contribution is 6.31. The van der Waals surface area contributed by atoms with E-state index in [4.69, 9.17) is 42.9 Å². The van der Waals surface area contributed by atoms with Crippen molar-refractivity contribution in [2.45, 2.75) is 39.9 Å². The van der Waals surface area contributed by atoms with Gasteiger partial charge in [0.15, 0.2) is 12.2 Å². The molecule has 2 aromatic carbocycles. The molecule has 0 fully saturated rings. The Hall–Kier alpha value is -2.44. The van der Waals surface area contributed by atoms with Gasteiger partial charge < -0.3 is 19.7 Å². The van der Waals surface area contributed by atoms with Gasteiger partial charge in [0.2, 0.25) is 0 Å². The van der Waals surface area contributed by atoms with E-state index in [9.17, 15) is 9.59 Å². The summed E-state index contributed by atoms with van der Waals surface area (Å²) < 4.78 is 10.4. The Kier molecular flexibility index (Phi) is 9.09. The van der Waals surface area contributed by atoms with Crippen molar-refractivity contribution in [2.75, 3.05) is 0 Å². The average Bonchev–Trinajstić information content (AvgIpc) is 2.61. The van der Waals surface area contributed by atoms with E-state index in [-0.39, 0.29) is 0 Å². The van der Waals surface area contributed by atoms with E-state index in [1.807, 2.05) is 13.8 Å². The number of aryl methyl sites for hydroxylation is 2. The minimum atomic E-state index is -0.996. The van der Waals surface area contributed by atoms with Crippen LogP contribution in [0.2, 0.25) is 10.0 Å². The van der Waals surface area contributed by atoms with Crippen LogP contribution in [0.25, 0.3) is 0 Å². The van der Waals surface area contributed by atoms with Crippen LogP contribution in [0.5, 0.6) is 11.5 Å². The van der Waals surface area contributed by atoms with Crippen LogP contribution < -0.4 is 9.47 Å². The predicted molar refractivity (Wildman–Crippen MR) is 108 cm³/mol. The summed E-state index contributed by atoms with van der Waals surface area (Å²) in [5.41, 5.74) is 1.73. The lowest BCUT2D eigenvalue weighted by Gasteiger charge is -2.12. The third-order valence-electron chi connectivity index (χ3n) is 3.60. The van der Waals surface area contributed by atoms with Gasteiger partial charge in [0, 0.05) is 10.0 Å². The van der Waals surface area contributed by atoms with Crippen molar-refractivity contribution in [2.24, 2.45) is 0 Å². The Morgan fingerprint density at radius 2 is 1.11 bits per heavy atom. The molecular weight excluding hydrogens is 407 g/mol. The van der Waals surface area contributed by atoms with Crippen LogP contribution in [0.15, 0.2) is 36.4 Å². The Bertz CT molecular complexity index is 768. The zero-order chi connectivity index (χ0) is 21.4. The molecule has 0 aliphatic carbocycles. The molecule has 2 aromatic rings. The van der Waals surface area contributed by atoms with Gasteiger partial charge in [-0.1, -0.05) is 35.3 Å². The van der Waals surface area contributed by atoms with Crippen molar-refractivity contribution >= 4 is 35.1 Å². The molecule has 0 aliphatic heterocycles. The molecule has 0 amide bonds. The van der Waals surface area contributed by atoms with Gasteiger partial charge in [-0.15, -0.1) is 0 Å². The number of ether oxygens (including phenoxy) is 2. The molecule has 6 nitrogen and oxygen atoms in total. The van der Waals surface area contributed by atoms with E-state index in [2.05, 4.69) is 0 Å². The van der Waals surface area contributed by atoms with Gasteiger partial charge >= 0.3 is 11.9 Å². The lowest BCUT2D eigenvalue weighted by atomic mass is 10.2.